The van der Waals surface area contributed by atoms with E-state index in [9.17, 15) is 4.79 Å². The number of benzene rings is 2. The minimum atomic E-state index is -0.615. The Labute approximate surface area is 119 Å². The summed E-state index contributed by atoms with van der Waals surface area (Å²) in [4.78, 5) is 11.8. The first-order valence-corrected chi connectivity index (χ1v) is 6.97. The quantitative estimate of drug-likeness (QED) is 0.771. The van der Waals surface area contributed by atoms with Gasteiger partial charge in [0.1, 0.15) is 0 Å². The zero-order valence-electron chi connectivity index (χ0n) is 11.8. The number of aryl methyl sites for hydroxylation is 2. The molecule has 2 aromatic carbocycles. The van der Waals surface area contributed by atoms with Crippen molar-refractivity contribution < 1.29 is 9.53 Å². The Kier molecular flexibility index (Phi) is 3.09. The smallest absolute Gasteiger partial charge is 0.307 e. The zero-order chi connectivity index (χ0) is 14.2. The first kappa shape index (κ1) is 12.9. The third-order valence-corrected chi connectivity index (χ3v) is 4.03. The molecular formula is C18H18O2. The number of ether oxygens (including phenoxy) is 1. The van der Waals surface area contributed by atoms with E-state index in [4.69, 9.17) is 4.74 Å². The van der Waals surface area contributed by atoms with Gasteiger partial charge in [-0.2, -0.15) is 0 Å². The summed E-state index contributed by atoms with van der Waals surface area (Å²) in [7, 11) is 0. The van der Waals surface area contributed by atoms with Crippen LogP contribution in [-0.4, -0.2) is 5.97 Å². The molecule has 20 heavy (non-hydrogen) atoms. The highest BCUT2D eigenvalue weighted by molar-refractivity contribution is 5.74. The molecule has 1 atom stereocenters. The summed E-state index contributed by atoms with van der Waals surface area (Å²) in [5.74, 6) is -0.117. The summed E-state index contributed by atoms with van der Waals surface area (Å²) < 4.78 is 5.80. The monoisotopic (exact) mass is 266 g/mol. The lowest BCUT2D eigenvalue weighted by Crippen LogP contribution is -2.28. The van der Waals surface area contributed by atoms with E-state index in [0.717, 1.165) is 11.1 Å². The highest BCUT2D eigenvalue weighted by Gasteiger charge is 2.44. The Morgan fingerprint density at radius 2 is 1.80 bits per heavy atom. The van der Waals surface area contributed by atoms with Gasteiger partial charge < -0.3 is 4.74 Å². The third kappa shape index (κ3) is 2.01. The van der Waals surface area contributed by atoms with Crippen molar-refractivity contribution in [3.8, 4) is 0 Å². The maximum absolute atomic E-state index is 11.8. The molecule has 0 aromatic heterocycles. The SMILES string of the molecule is Cc1ccc(C2(c3ccccc3)CCC(=O)O2)c(C)c1. The molecule has 2 nitrogen and oxygen atoms in total. The molecule has 1 saturated heterocycles. The van der Waals surface area contributed by atoms with E-state index in [0.29, 0.717) is 12.8 Å². The van der Waals surface area contributed by atoms with Crippen molar-refractivity contribution in [3.05, 3.63) is 70.8 Å². The van der Waals surface area contributed by atoms with Gasteiger partial charge in [0, 0.05) is 17.5 Å². The molecular weight excluding hydrogens is 248 g/mol. The van der Waals surface area contributed by atoms with Gasteiger partial charge in [0.05, 0.1) is 6.42 Å². The number of cyclic esters (lactones) is 1. The highest BCUT2D eigenvalue weighted by atomic mass is 16.6. The summed E-state index contributed by atoms with van der Waals surface area (Å²) >= 11 is 0. The van der Waals surface area contributed by atoms with Crippen LogP contribution >= 0.6 is 0 Å². The normalized spacial score (nSPS) is 21.8. The van der Waals surface area contributed by atoms with Crippen LogP contribution in [0.3, 0.4) is 0 Å². The second-order valence-electron chi connectivity index (χ2n) is 5.49. The molecule has 2 aromatic rings. The molecule has 0 amide bonds. The van der Waals surface area contributed by atoms with Crippen molar-refractivity contribution >= 4 is 5.97 Å². The first-order chi connectivity index (χ1) is 9.62. The molecule has 0 radical (unpaired) electrons. The molecule has 3 rings (SSSR count). The van der Waals surface area contributed by atoms with Crippen LogP contribution in [0.25, 0.3) is 0 Å². The molecule has 0 aliphatic carbocycles. The Balaban J connectivity index is 2.19. The van der Waals surface area contributed by atoms with Crippen molar-refractivity contribution in [3.63, 3.8) is 0 Å². The van der Waals surface area contributed by atoms with E-state index in [1.54, 1.807) is 0 Å². The topological polar surface area (TPSA) is 26.3 Å². The van der Waals surface area contributed by atoms with Crippen molar-refractivity contribution in [2.45, 2.75) is 32.3 Å². The van der Waals surface area contributed by atoms with Crippen LogP contribution in [0.1, 0.15) is 35.1 Å². The van der Waals surface area contributed by atoms with E-state index in [1.165, 1.54) is 11.1 Å². The Hall–Kier alpha value is -2.09. The third-order valence-electron chi connectivity index (χ3n) is 4.03. The Morgan fingerprint density at radius 1 is 1.05 bits per heavy atom. The minimum Gasteiger partial charge on any atom is -0.449 e. The first-order valence-electron chi connectivity index (χ1n) is 6.97. The van der Waals surface area contributed by atoms with E-state index in [2.05, 4.69) is 32.0 Å². The second kappa shape index (κ2) is 4.78. The van der Waals surface area contributed by atoms with Crippen molar-refractivity contribution in [2.24, 2.45) is 0 Å². The molecule has 1 aliphatic heterocycles. The fourth-order valence-corrected chi connectivity index (χ4v) is 3.10. The molecule has 1 heterocycles. The van der Waals surface area contributed by atoms with E-state index in [1.807, 2.05) is 30.3 Å². The molecule has 0 N–H and O–H groups in total. The fourth-order valence-electron chi connectivity index (χ4n) is 3.10. The standard InChI is InChI=1S/C18H18O2/c1-13-8-9-16(14(2)12-13)18(11-10-17(19)20-18)15-6-4-3-5-7-15/h3-9,12H,10-11H2,1-2H3. The van der Waals surface area contributed by atoms with Gasteiger partial charge >= 0.3 is 5.97 Å². The maximum Gasteiger partial charge on any atom is 0.307 e. The molecule has 102 valence electrons. The highest BCUT2D eigenvalue weighted by Crippen LogP contribution is 2.44. The lowest BCUT2D eigenvalue weighted by molar-refractivity contribution is -0.146. The van der Waals surface area contributed by atoms with Crippen LogP contribution in [0, 0.1) is 13.8 Å². The van der Waals surface area contributed by atoms with E-state index < -0.39 is 5.60 Å². The fraction of sp³-hybridized carbons (Fsp3) is 0.278. The van der Waals surface area contributed by atoms with Crippen LogP contribution in [0.5, 0.6) is 0 Å². The molecule has 0 spiro atoms. The van der Waals surface area contributed by atoms with Gasteiger partial charge in [-0.25, -0.2) is 0 Å². The van der Waals surface area contributed by atoms with Gasteiger partial charge in [0.2, 0.25) is 0 Å². The van der Waals surface area contributed by atoms with Gasteiger partial charge in [-0.1, -0.05) is 54.1 Å². The molecule has 1 unspecified atom stereocenters. The second-order valence-corrected chi connectivity index (χ2v) is 5.49. The maximum atomic E-state index is 11.8. The summed E-state index contributed by atoms with van der Waals surface area (Å²) in [6.45, 7) is 4.16. The van der Waals surface area contributed by atoms with Crippen molar-refractivity contribution in [1.82, 2.24) is 0 Å². The number of carbonyl (C=O) groups excluding carboxylic acids is 1. The lowest BCUT2D eigenvalue weighted by atomic mass is 9.81. The predicted molar refractivity (Wildman–Crippen MR) is 78.5 cm³/mol. The number of carbonyl (C=O) groups is 1. The summed E-state index contributed by atoms with van der Waals surface area (Å²) in [5, 5.41) is 0. The Bertz CT molecular complexity index is 646. The number of hydrogen-bond donors (Lipinski definition) is 0. The van der Waals surface area contributed by atoms with Crippen LogP contribution < -0.4 is 0 Å². The summed E-state index contributed by atoms with van der Waals surface area (Å²) in [6, 6.07) is 16.4. The zero-order valence-corrected chi connectivity index (χ0v) is 11.8. The molecule has 2 heteroatoms. The van der Waals surface area contributed by atoms with Gasteiger partial charge in [-0.3, -0.25) is 4.79 Å². The number of esters is 1. The molecule has 1 fully saturated rings. The summed E-state index contributed by atoms with van der Waals surface area (Å²) in [5.41, 5.74) is 3.93. The average molecular weight is 266 g/mol. The van der Waals surface area contributed by atoms with Crippen molar-refractivity contribution in [1.29, 1.82) is 0 Å². The summed E-state index contributed by atoms with van der Waals surface area (Å²) in [6.07, 6.45) is 1.18. The van der Waals surface area contributed by atoms with Gasteiger partial charge in [0.15, 0.2) is 5.60 Å². The predicted octanol–water partition coefficient (Wildman–Crippen LogP) is 3.88. The van der Waals surface area contributed by atoms with Crippen molar-refractivity contribution in [2.75, 3.05) is 0 Å². The van der Waals surface area contributed by atoms with Crippen LogP contribution in [0.2, 0.25) is 0 Å². The van der Waals surface area contributed by atoms with Gasteiger partial charge in [0.25, 0.3) is 0 Å². The molecule has 0 saturated carbocycles. The molecule has 1 aliphatic rings. The molecule has 0 bridgehead atoms. The number of hydrogen-bond acceptors (Lipinski definition) is 2. The van der Waals surface area contributed by atoms with Crippen LogP contribution in [0.15, 0.2) is 48.5 Å². The number of rotatable bonds is 2. The van der Waals surface area contributed by atoms with Gasteiger partial charge in [-0.15, -0.1) is 0 Å². The van der Waals surface area contributed by atoms with E-state index in [-0.39, 0.29) is 5.97 Å². The average Bonchev–Trinajstić information content (AvgIpc) is 2.83. The minimum absolute atomic E-state index is 0.117. The van der Waals surface area contributed by atoms with Gasteiger partial charge in [-0.05, 0) is 19.4 Å². The van der Waals surface area contributed by atoms with Crippen LogP contribution in [-0.2, 0) is 15.1 Å². The van der Waals surface area contributed by atoms with E-state index >= 15 is 0 Å². The lowest BCUT2D eigenvalue weighted by Gasteiger charge is -2.30. The van der Waals surface area contributed by atoms with Crippen LogP contribution in [0.4, 0.5) is 0 Å². The Morgan fingerprint density at radius 3 is 2.40 bits per heavy atom. The largest absolute Gasteiger partial charge is 0.449 e.